The number of carbonyl (C=O) groups excluding carboxylic acids is 1. The number of hydrogen-bond acceptors (Lipinski definition) is 5. The zero-order valence-corrected chi connectivity index (χ0v) is 23.0. The molecule has 2 aromatic heterocycles. The molecule has 202 valence electrons. The van der Waals surface area contributed by atoms with Gasteiger partial charge in [0.15, 0.2) is 0 Å². The Hall–Kier alpha value is -3.87. The van der Waals surface area contributed by atoms with Gasteiger partial charge in [-0.25, -0.2) is 4.98 Å². The second kappa shape index (κ2) is 11.1. The second-order valence-electron chi connectivity index (χ2n) is 11.2. The fourth-order valence-corrected chi connectivity index (χ4v) is 6.18. The Kier molecular flexibility index (Phi) is 7.22. The van der Waals surface area contributed by atoms with E-state index in [-0.39, 0.29) is 11.9 Å². The second-order valence-corrected chi connectivity index (χ2v) is 11.2. The molecule has 0 saturated heterocycles. The van der Waals surface area contributed by atoms with Crippen molar-refractivity contribution < 1.29 is 4.79 Å². The molecule has 1 amide bonds. The first-order valence-corrected chi connectivity index (χ1v) is 14.3. The number of carbonyl (C=O) groups is 1. The number of benzene rings is 2. The molecule has 2 heterocycles. The molecule has 0 atom stereocenters. The van der Waals surface area contributed by atoms with E-state index in [2.05, 4.69) is 64.5 Å². The van der Waals surface area contributed by atoms with E-state index in [9.17, 15) is 4.79 Å². The fraction of sp³-hybridized carbons (Fsp3) is 0.406. The summed E-state index contributed by atoms with van der Waals surface area (Å²) in [5.41, 5.74) is 5.57. The fourth-order valence-electron chi connectivity index (χ4n) is 6.18. The van der Waals surface area contributed by atoms with E-state index in [4.69, 9.17) is 9.97 Å². The van der Waals surface area contributed by atoms with Gasteiger partial charge >= 0.3 is 0 Å². The molecular weight excluding hydrogens is 484 g/mol. The molecule has 2 aliphatic rings. The van der Waals surface area contributed by atoms with Crippen molar-refractivity contribution in [1.29, 1.82) is 0 Å². The first-order valence-electron chi connectivity index (χ1n) is 14.3. The number of para-hydroxylation sites is 1. The van der Waals surface area contributed by atoms with Crippen LogP contribution >= 0.6 is 0 Å². The third-order valence-electron chi connectivity index (χ3n) is 8.21. The minimum Gasteiger partial charge on any atom is -0.362 e. The van der Waals surface area contributed by atoms with Crippen LogP contribution < -0.4 is 15.5 Å². The number of rotatable bonds is 7. The molecule has 0 aliphatic heterocycles. The van der Waals surface area contributed by atoms with Crippen LogP contribution in [0.5, 0.6) is 0 Å². The van der Waals surface area contributed by atoms with Crippen molar-refractivity contribution in [2.45, 2.75) is 70.0 Å². The van der Waals surface area contributed by atoms with E-state index < -0.39 is 0 Å². The Morgan fingerprint density at radius 3 is 2.44 bits per heavy atom. The molecule has 6 rings (SSSR count). The molecule has 2 aromatic carbocycles. The molecule has 39 heavy (non-hydrogen) atoms. The van der Waals surface area contributed by atoms with Crippen molar-refractivity contribution in [3.63, 3.8) is 0 Å². The lowest BCUT2D eigenvalue weighted by Crippen LogP contribution is -2.40. The van der Waals surface area contributed by atoms with Gasteiger partial charge < -0.3 is 20.1 Å². The zero-order chi connectivity index (χ0) is 26.8. The lowest BCUT2D eigenvalue weighted by atomic mass is 9.91. The first-order chi connectivity index (χ1) is 19.0. The highest BCUT2D eigenvalue weighted by Gasteiger charge is 2.26. The van der Waals surface area contributed by atoms with Crippen LogP contribution in [0.1, 0.15) is 65.7 Å². The van der Waals surface area contributed by atoms with Gasteiger partial charge in [-0.15, -0.1) is 0 Å². The van der Waals surface area contributed by atoms with Crippen LogP contribution in [0.25, 0.3) is 10.9 Å². The van der Waals surface area contributed by atoms with Crippen LogP contribution in [0, 0.1) is 0 Å². The number of amides is 1. The van der Waals surface area contributed by atoms with E-state index in [0.717, 1.165) is 73.3 Å². The summed E-state index contributed by atoms with van der Waals surface area (Å²) in [7, 11) is 4.13. The minimum absolute atomic E-state index is 0.0167. The summed E-state index contributed by atoms with van der Waals surface area (Å²) in [6, 6.07) is 19.1. The topological polar surface area (TPSA) is 75.1 Å². The standard InChI is InChI=1S/C32H38N6O/c1-37(2)30-26-13-6-8-14-28(26)35-32(36-30)34-24-18-16-23(17-19-24)33-31(39)27-21-38(20-22-10-4-3-5-11-22)29-15-9-7-12-25(27)29/h3-5,7,9-12,15,21,23-24H,6,8,13-14,16-20H2,1-2H3,(H,33,39)(H,34,35,36). The summed E-state index contributed by atoms with van der Waals surface area (Å²) in [5, 5.41) is 7.96. The molecule has 1 fully saturated rings. The zero-order valence-electron chi connectivity index (χ0n) is 23.0. The van der Waals surface area contributed by atoms with Gasteiger partial charge in [-0.3, -0.25) is 4.79 Å². The average Bonchev–Trinajstić information content (AvgIpc) is 3.32. The summed E-state index contributed by atoms with van der Waals surface area (Å²) < 4.78 is 2.18. The van der Waals surface area contributed by atoms with E-state index in [1.807, 2.05) is 30.5 Å². The molecule has 0 spiro atoms. The first kappa shape index (κ1) is 25.4. The maximum Gasteiger partial charge on any atom is 0.253 e. The van der Waals surface area contributed by atoms with Gasteiger partial charge in [0.05, 0.1) is 11.3 Å². The smallest absolute Gasteiger partial charge is 0.253 e. The summed E-state index contributed by atoms with van der Waals surface area (Å²) in [4.78, 5) is 25.3. The van der Waals surface area contributed by atoms with Crippen LogP contribution in [-0.2, 0) is 19.4 Å². The van der Waals surface area contributed by atoms with Gasteiger partial charge in [-0.1, -0.05) is 48.5 Å². The van der Waals surface area contributed by atoms with Crippen LogP contribution in [0.15, 0.2) is 60.8 Å². The van der Waals surface area contributed by atoms with E-state index in [0.29, 0.717) is 6.04 Å². The van der Waals surface area contributed by atoms with Crippen LogP contribution in [0.3, 0.4) is 0 Å². The van der Waals surface area contributed by atoms with Crippen molar-refractivity contribution in [2.24, 2.45) is 0 Å². The van der Waals surface area contributed by atoms with Gasteiger partial charge in [0.25, 0.3) is 5.91 Å². The maximum absolute atomic E-state index is 13.4. The summed E-state index contributed by atoms with van der Waals surface area (Å²) in [6.07, 6.45) is 10.4. The van der Waals surface area contributed by atoms with Crippen LogP contribution in [0.4, 0.5) is 11.8 Å². The number of nitrogens with zero attached hydrogens (tertiary/aromatic N) is 4. The van der Waals surface area contributed by atoms with Crippen molar-refractivity contribution in [3.8, 4) is 0 Å². The van der Waals surface area contributed by atoms with Crippen molar-refractivity contribution in [3.05, 3.63) is 83.2 Å². The van der Waals surface area contributed by atoms with Crippen molar-refractivity contribution >= 4 is 28.6 Å². The van der Waals surface area contributed by atoms with Gasteiger partial charge in [-0.05, 0) is 63.0 Å². The third kappa shape index (κ3) is 5.49. The van der Waals surface area contributed by atoms with E-state index in [1.54, 1.807) is 0 Å². The molecule has 0 bridgehead atoms. The number of nitrogens with one attached hydrogen (secondary N) is 2. The Morgan fingerprint density at radius 2 is 1.64 bits per heavy atom. The number of anilines is 2. The highest BCUT2D eigenvalue weighted by molar-refractivity contribution is 6.07. The van der Waals surface area contributed by atoms with Crippen molar-refractivity contribution in [1.82, 2.24) is 19.9 Å². The average molecular weight is 523 g/mol. The van der Waals surface area contributed by atoms with Gasteiger partial charge in [0.2, 0.25) is 5.95 Å². The molecule has 7 nitrogen and oxygen atoms in total. The van der Waals surface area contributed by atoms with Crippen molar-refractivity contribution in [2.75, 3.05) is 24.3 Å². The molecule has 4 aromatic rings. The lowest BCUT2D eigenvalue weighted by Gasteiger charge is -2.30. The van der Waals surface area contributed by atoms with Gasteiger partial charge in [-0.2, -0.15) is 4.98 Å². The molecule has 0 unspecified atom stereocenters. The third-order valence-corrected chi connectivity index (χ3v) is 8.21. The summed E-state index contributed by atoms with van der Waals surface area (Å²) in [5.74, 6) is 1.82. The SMILES string of the molecule is CN(C)c1nc(NC2CCC(NC(=O)c3cn(Cc4ccccc4)c4ccccc34)CC2)nc2c1CCCC2. The number of aromatic nitrogens is 3. The Balaban J connectivity index is 1.10. The Labute approximate surface area is 230 Å². The van der Waals surface area contributed by atoms with Crippen LogP contribution in [-0.4, -0.2) is 46.6 Å². The molecule has 2 aliphatic carbocycles. The monoisotopic (exact) mass is 522 g/mol. The van der Waals surface area contributed by atoms with Gasteiger partial charge in [0, 0.05) is 55.4 Å². The predicted molar refractivity (Wildman–Crippen MR) is 158 cm³/mol. The Morgan fingerprint density at radius 1 is 0.923 bits per heavy atom. The molecule has 2 N–H and O–H groups in total. The molecule has 1 saturated carbocycles. The predicted octanol–water partition coefficient (Wildman–Crippen LogP) is 5.58. The quantitative estimate of drug-likeness (QED) is 0.332. The highest BCUT2D eigenvalue weighted by Crippen LogP contribution is 2.30. The summed E-state index contributed by atoms with van der Waals surface area (Å²) >= 11 is 0. The number of fused-ring (bicyclic) bond motifs is 2. The molecule has 0 radical (unpaired) electrons. The number of hydrogen-bond donors (Lipinski definition) is 2. The van der Waals surface area contributed by atoms with Gasteiger partial charge in [0.1, 0.15) is 5.82 Å². The van der Waals surface area contributed by atoms with E-state index in [1.165, 1.54) is 29.7 Å². The molecular formula is C32H38N6O. The van der Waals surface area contributed by atoms with Crippen LogP contribution in [0.2, 0.25) is 0 Å². The lowest BCUT2D eigenvalue weighted by molar-refractivity contribution is 0.0928. The largest absolute Gasteiger partial charge is 0.362 e. The molecule has 7 heteroatoms. The Bertz CT molecular complexity index is 1450. The minimum atomic E-state index is 0.0167. The summed E-state index contributed by atoms with van der Waals surface area (Å²) in [6.45, 7) is 0.742. The number of aryl methyl sites for hydroxylation is 1. The van der Waals surface area contributed by atoms with E-state index >= 15 is 0 Å². The highest BCUT2D eigenvalue weighted by atomic mass is 16.1. The maximum atomic E-state index is 13.4. The normalized spacial score (nSPS) is 18.9.